The lowest BCUT2D eigenvalue weighted by Crippen LogP contribution is -2.02. The molecule has 0 saturated heterocycles. The molecule has 0 saturated carbocycles. The molecule has 0 fully saturated rings. The average Bonchev–Trinajstić information content (AvgIpc) is 2.37. The van der Waals surface area contributed by atoms with E-state index < -0.39 is 5.97 Å². The standard InChI is InChI=1S/C15H22O4/c1-10(2)13-9-12(18-3)8-11(15(13)19-4)6-5-7-14(16)17/h8-10H,5-7H2,1-4H3,(H,16,17). The van der Waals surface area contributed by atoms with Gasteiger partial charge in [0.25, 0.3) is 0 Å². The van der Waals surface area contributed by atoms with Crippen molar-refractivity contribution in [2.24, 2.45) is 0 Å². The summed E-state index contributed by atoms with van der Waals surface area (Å²) in [6.07, 6.45) is 1.43. The zero-order valence-electron chi connectivity index (χ0n) is 12.0. The van der Waals surface area contributed by atoms with Gasteiger partial charge < -0.3 is 14.6 Å². The molecule has 0 radical (unpaired) electrons. The number of ether oxygens (including phenoxy) is 2. The maximum absolute atomic E-state index is 10.6. The zero-order chi connectivity index (χ0) is 14.4. The van der Waals surface area contributed by atoms with Gasteiger partial charge in [-0.15, -0.1) is 0 Å². The van der Waals surface area contributed by atoms with Gasteiger partial charge in [0.15, 0.2) is 0 Å². The van der Waals surface area contributed by atoms with Crippen molar-refractivity contribution in [2.75, 3.05) is 14.2 Å². The highest BCUT2D eigenvalue weighted by molar-refractivity contribution is 5.66. The van der Waals surface area contributed by atoms with Crippen LogP contribution >= 0.6 is 0 Å². The molecule has 106 valence electrons. The summed E-state index contributed by atoms with van der Waals surface area (Å²) in [5.41, 5.74) is 2.10. The van der Waals surface area contributed by atoms with Crippen LogP contribution in [-0.4, -0.2) is 25.3 Å². The molecule has 0 atom stereocenters. The molecule has 19 heavy (non-hydrogen) atoms. The van der Waals surface area contributed by atoms with Gasteiger partial charge in [0.1, 0.15) is 11.5 Å². The highest BCUT2D eigenvalue weighted by Gasteiger charge is 2.15. The van der Waals surface area contributed by atoms with Gasteiger partial charge in [-0.1, -0.05) is 13.8 Å². The first-order valence-electron chi connectivity index (χ1n) is 6.46. The molecular weight excluding hydrogens is 244 g/mol. The lowest BCUT2D eigenvalue weighted by Gasteiger charge is -2.17. The number of carbonyl (C=O) groups is 1. The summed E-state index contributed by atoms with van der Waals surface area (Å²) in [7, 11) is 3.28. The molecule has 0 unspecified atom stereocenters. The Morgan fingerprint density at radius 1 is 1.26 bits per heavy atom. The van der Waals surface area contributed by atoms with Crippen LogP contribution < -0.4 is 9.47 Å². The molecule has 4 nitrogen and oxygen atoms in total. The first-order valence-corrected chi connectivity index (χ1v) is 6.46. The van der Waals surface area contributed by atoms with E-state index in [0.29, 0.717) is 18.8 Å². The van der Waals surface area contributed by atoms with E-state index >= 15 is 0 Å². The fraction of sp³-hybridized carbons (Fsp3) is 0.533. The van der Waals surface area contributed by atoms with Gasteiger partial charge in [-0.3, -0.25) is 4.79 Å². The molecule has 1 aromatic rings. The summed E-state index contributed by atoms with van der Waals surface area (Å²) >= 11 is 0. The zero-order valence-corrected chi connectivity index (χ0v) is 12.0. The Morgan fingerprint density at radius 3 is 2.42 bits per heavy atom. The summed E-state index contributed by atoms with van der Waals surface area (Å²) in [5, 5.41) is 8.71. The third kappa shape index (κ3) is 4.16. The summed E-state index contributed by atoms with van der Waals surface area (Å²) < 4.78 is 10.8. The smallest absolute Gasteiger partial charge is 0.303 e. The number of benzene rings is 1. The molecule has 0 aliphatic carbocycles. The molecule has 0 aliphatic rings. The van der Waals surface area contributed by atoms with Crippen molar-refractivity contribution in [1.29, 1.82) is 0 Å². The van der Waals surface area contributed by atoms with Gasteiger partial charge in [0.05, 0.1) is 14.2 Å². The fourth-order valence-electron chi connectivity index (χ4n) is 2.09. The van der Waals surface area contributed by atoms with E-state index in [1.165, 1.54) is 0 Å². The van der Waals surface area contributed by atoms with E-state index in [1.54, 1.807) is 14.2 Å². The van der Waals surface area contributed by atoms with Crippen LogP contribution in [0, 0.1) is 0 Å². The second-order valence-corrected chi connectivity index (χ2v) is 4.81. The molecule has 0 aromatic heterocycles. The van der Waals surface area contributed by atoms with E-state index in [9.17, 15) is 4.79 Å². The van der Waals surface area contributed by atoms with Crippen LogP contribution in [0.2, 0.25) is 0 Å². The van der Waals surface area contributed by atoms with Crippen LogP contribution in [-0.2, 0) is 11.2 Å². The Labute approximate surface area is 114 Å². The lowest BCUT2D eigenvalue weighted by molar-refractivity contribution is -0.137. The summed E-state index contributed by atoms with van der Waals surface area (Å²) in [4.78, 5) is 10.6. The Kier molecular flexibility index (Phi) is 5.67. The van der Waals surface area contributed by atoms with E-state index in [4.69, 9.17) is 14.6 Å². The average molecular weight is 266 g/mol. The van der Waals surface area contributed by atoms with Crippen LogP contribution in [0.25, 0.3) is 0 Å². The molecule has 0 aliphatic heterocycles. The third-order valence-electron chi connectivity index (χ3n) is 3.07. The van der Waals surface area contributed by atoms with Crippen molar-refractivity contribution < 1.29 is 19.4 Å². The molecule has 0 amide bonds. The number of methoxy groups -OCH3 is 2. The normalized spacial score (nSPS) is 10.6. The van der Waals surface area contributed by atoms with Crippen molar-refractivity contribution in [1.82, 2.24) is 0 Å². The van der Waals surface area contributed by atoms with Crippen molar-refractivity contribution in [3.8, 4) is 11.5 Å². The van der Waals surface area contributed by atoms with E-state index in [0.717, 1.165) is 22.6 Å². The Morgan fingerprint density at radius 2 is 1.95 bits per heavy atom. The molecule has 1 rings (SSSR count). The topological polar surface area (TPSA) is 55.8 Å². The lowest BCUT2D eigenvalue weighted by atomic mass is 9.96. The molecule has 4 heteroatoms. The number of carboxylic acid groups (broad SMARTS) is 1. The number of aliphatic carboxylic acids is 1. The molecule has 1 N–H and O–H groups in total. The second kappa shape index (κ2) is 7.02. The molecular formula is C15H22O4. The summed E-state index contributed by atoms with van der Waals surface area (Å²) in [6, 6.07) is 3.90. The minimum atomic E-state index is -0.772. The van der Waals surface area contributed by atoms with Gasteiger partial charge >= 0.3 is 5.97 Å². The summed E-state index contributed by atoms with van der Waals surface area (Å²) in [6.45, 7) is 4.19. The van der Waals surface area contributed by atoms with Gasteiger partial charge in [-0.25, -0.2) is 0 Å². The van der Waals surface area contributed by atoms with E-state index in [2.05, 4.69) is 13.8 Å². The molecule has 0 spiro atoms. The predicted molar refractivity (Wildman–Crippen MR) is 74.2 cm³/mol. The highest BCUT2D eigenvalue weighted by atomic mass is 16.5. The van der Waals surface area contributed by atoms with Gasteiger partial charge in [0.2, 0.25) is 0 Å². The SMILES string of the molecule is COc1cc(CCCC(=O)O)c(OC)c(C(C)C)c1. The quantitative estimate of drug-likeness (QED) is 0.823. The maximum atomic E-state index is 10.6. The van der Waals surface area contributed by atoms with Crippen LogP contribution in [0.3, 0.4) is 0 Å². The van der Waals surface area contributed by atoms with Gasteiger partial charge in [-0.05, 0) is 36.5 Å². The van der Waals surface area contributed by atoms with Crippen molar-refractivity contribution >= 4 is 5.97 Å². The third-order valence-corrected chi connectivity index (χ3v) is 3.07. The number of hydrogen-bond acceptors (Lipinski definition) is 3. The van der Waals surface area contributed by atoms with Crippen LogP contribution in [0.4, 0.5) is 0 Å². The minimum absolute atomic E-state index is 0.164. The largest absolute Gasteiger partial charge is 0.497 e. The summed E-state index contributed by atoms with van der Waals surface area (Å²) in [5.74, 6) is 1.19. The Bertz CT molecular complexity index is 438. The van der Waals surface area contributed by atoms with Crippen LogP contribution in [0.15, 0.2) is 12.1 Å². The van der Waals surface area contributed by atoms with Crippen molar-refractivity contribution in [2.45, 2.75) is 39.0 Å². The van der Waals surface area contributed by atoms with Crippen molar-refractivity contribution in [3.63, 3.8) is 0 Å². The number of hydrogen-bond donors (Lipinski definition) is 1. The Hall–Kier alpha value is -1.71. The molecule has 1 aromatic carbocycles. The number of carboxylic acids is 1. The van der Waals surface area contributed by atoms with E-state index in [1.807, 2.05) is 12.1 Å². The van der Waals surface area contributed by atoms with E-state index in [-0.39, 0.29) is 6.42 Å². The number of aryl methyl sites for hydroxylation is 1. The second-order valence-electron chi connectivity index (χ2n) is 4.81. The highest BCUT2D eigenvalue weighted by Crippen LogP contribution is 2.35. The number of rotatable bonds is 7. The van der Waals surface area contributed by atoms with Crippen LogP contribution in [0.1, 0.15) is 43.7 Å². The van der Waals surface area contributed by atoms with Gasteiger partial charge in [0, 0.05) is 12.0 Å². The Balaban J connectivity index is 3.05. The first kappa shape index (κ1) is 15.3. The molecule has 0 heterocycles. The maximum Gasteiger partial charge on any atom is 0.303 e. The van der Waals surface area contributed by atoms with Crippen LogP contribution in [0.5, 0.6) is 11.5 Å². The minimum Gasteiger partial charge on any atom is -0.497 e. The predicted octanol–water partition coefficient (Wildman–Crippen LogP) is 3.23. The van der Waals surface area contributed by atoms with Gasteiger partial charge in [-0.2, -0.15) is 0 Å². The fourth-order valence-corrected chi connectivity index (χ4v) is 2.09. The monoisotopic (exact) mass is 266 g/mol. The first-order chi connectivity index (χ1) is 8.99. The molecule has 0 bridgehead atoms. The van der Waals surface area contributed by atoms with Crippen molar-refractivity contribution in [3.05, 3.63) is 23.3 Å².